The maximum absolute atomic E-state index is 5.66. The van der Waals surface area contributed by atoms with Crippen LogP contribution in [-0.4, -0.2) is 34.4 Å². The Bertz CT molecular complexity index is 707. The van der Waals surface area contributed by atoms with E-state index >= 15 is 0 Å². The summed E-state index contributed by atoms with van der Waals surface area (Å²) in [4.78, 5) is 4.23. The van der Waals surface area contributed by atoms with Crippen LogP contribution in [0, 0.1) is 6.92 Å². The van der Waals surface area contributed by atoms with Gasteiger partial charge in [0.25, 0.3) is 0 Å². The van der Waals surface area contributed by atoms with Crippen LogP contribution in [0.3, 0.4) is 0 Å². The molecule has 0 amide bonds. The molecule has 0 bridgehead atoms. The molecule has 2 rings (SSSR count). The molecular formula is C17H24N6O. The summed E-state index contributed by atoms with van der Waals surface area (Å²) >= 11 is 0. The van der Waals surface area contributed by atoms with E-state index < -0.39 is 0 Å². The van der Waals surface area contributed by atoms with Gasteiger partial charge in [-0.05, 0) is 13.0 Å². The lowest BCUT2D eigenvalue weighted by Crippen LogP contribution is -2.37. The molecule has 0 aliphatic heterocycles. The topological polar surface area (TPSA) is 76.4 Å². The molecule has 1 aromatic heterocycles. The van der Waals surface area contributed by atoms with Crippen molar-refractivity contribution in [2.45, 2.75) is 20.0 Å². The van der Waals surface area contributed by atoms with Crippen LogP contribution in [0.4, 0.5) is 0 Å². The van der Waals surface area contributed by atoms with Crippen molar-refractivity contribution >= 4 is 5.96 Å². The SMILES string of the molecule is C=CCOc1ccccc1CNC(=NC)NCc1nnc(C)n1C. The number of hydrogen-bond donors (Lipinski definition) is 2. The van der Waals surface area contributed by atoms with Crippen LogP contribution in [0.5, 0.6) is 5.75 Å². The van der Waals surface area contributed by atoms with Gasteiger partial charge in [0.1, 0.15) is 18.2 Å². The zero-order chi connectivity index (χ0) is 17.4. The number of benzene rings is 1. The van der Waals surface area contributed by atoms with Crippen LogP contribution in [0.25, 0.3) is 0 Å². The third-order valence-electron chi connectivity index (χ3n) is 3.60. The van der Waals surface area contributed by atoms with E-state index in [-0.39, 0.29) is 0 Å². The van der Waals surface area contributed by atoms with Crippen molar-refractivity contribution in [1.82, 2.24) is 25.4 Å². The standard InChI is InChI=1S/C17H24N6O/c1-5-10-24-15-9-7-6-8-14(15)11-19-17(18-3)20-12-16-22-21-13(2)23(16)4/h5-9H,1,10-12H2,2-4H3,(H2,18,19,20). The van der Waals surface area contributed by atoms with E-state index in [0.717, 1.165) is 23.0 Å². The van der Waals surface area contributed by atoms with Crippen molar-refractivity contribution in [3.05, 3.63) is 54.1 Å². The summed E-state index contributed by atoms with van der Waals surface area (Å²) in [5.74, 6) is 3.26. The number of aryl methyl sites for hydroxylation is 1. The smallest absolute Gasteiger partial charge is 0.191 e. The molecule has 2 N–H and O–H groups in total. The van der Waals surface area contributed by atoms with Crippen molar-refractivity contribution in [2.75, 3.05) is 13.7 Å². The Hall–Kier alpha value is -2.83. The number of ether oxygens (including phenoxy) is 1. The van der Waals surface area contributed by atoms with Gasteiger partial charge in [-0.3, -0.25) is 4.99 Å². The molecule has 0 spiro atoms. The molecule has 0 unspecified atom stereocenters. The van der Waals surface area contributed by atoms with Crippen molar-refractivity contribution in [3.8, 4) is 5.75 Å². The first-order valence-corrected chi connectivity index (χ1v) is 7.76. The minimum absolute atomic E-state index is 0.482. The Kier molecular flexibility index (Phi) is 6.36. The molecule has 0 radical (unpaired) electrons. The fourth-order valence-corrected chi connectivity index (χ4v) is 2.11. The van der Waals surface area contributed by atoms with Gasteiger partial charge in [-0.2, -0.15) is 0 Å². The van der Waals surface area contributed by atoms with Crippen LogP contribution in [-0.2, 0) is 20.1 Å². The summed E-state index contributed by atoms with van der Waals surface area (Å²) in [6.07, 6.45) is 1.73. The maximum Gasteiger partial charge on any atom is 0.191 e. The molecule has 0 saturated heterocycles. The molecule has 1 aromatic carbocycles. The Labute approximate surface area is 142 Å². The Morgan fingerprint density at radius 3 is 2.71 bits per heavy atom. The quantitative estimate of drug-likeness (QED) is 0.458. The van der Waals surface area contributed by atoms with Gasteiger partial charge in [-0.25, -0.2) is 0 Å². The Morgan fingerprint density at radius 2 is 2.04 bits per heavy atom. The minimum Gasteiger partial charge on any atom is -0.489 e. The lowest BCUT2D eigenvalue weighted by molar-refractivity contribution is 0.358. The molecule has 7 heteroatoms. The Balaban J connectivity index is 1.92. The van der Waals surface area contributed by atoms with Gasteiger partial charge in [0.05, 0.1) is 6.54 Å². The average molecular weight is 328 g/mol. The van der Waals surface area contributed by atoms with E-state index in [4.69, 9.17) is 4.74 Å². The first-order valence-electron chi connectivity index (χ1n) is 7.76. The third kappa shape index (κ3) is 4.58. The van der Waals surface area contributed by atoms with E-state index in [2.05, 4.69) is 32.4 Å². The van der Waals surface area contributed by atoms with Crippen molar-refractivity contribution in [3.63, 3.8) is 0 Å². The van der Waals surface area contributed by atoms with Crippen LogP contribution < -0.4 is 15.4 Å². The van der Waals surface area contributed by atoms with Crippen molar-refractivity contribution in [1.29, 1.82) is 0 Å². The molecular weight excluding hydrogens is 304 g/mol. The van der Waals surface area contributed by atoms with Gasteiger partial charge in [-0.15, -0.1) is 10.2 Å². The van der Waals surface area contributed by atoms with Crippen LogP contribution in [0.1, 0.15) is 17.2 Å². The first kappa shape index (κ1) is 17.5. The molecule has 2 aromatic rings. The molecule has 128 valence electrons. The minimum atomic E-state index is 0.482. The summed E-state index contributed by atoms with van der Waals surface area (Å²) in [6, 6.07) is 7.89. The van der Waals surface area contributed by atoms with E-state index in [0.29, 0.717) is 25.7 Å². The van der Waals surface area contributed by atoms with E-state index in [1.165, 1.54) is 0 Å². The number of para-hydroxylation sites is 1. The highest BCUT2D eigenvalue weighted by Crippen LogP contribution is 2.17. The van der Waals surface area contributed by atoms with E-state index in [1.54, 1.807) is 13.1 Å². The number of aliphatic imine (C=N–C) groups is 1. The number of guanidine groups is 1. The van der Waals surface area contributed by atoms with E-state index in [9.17, 15) is 0 Å². The maximum atomic E-state index is 5.66. The summed E-state index contributed by atoms with van der Waals surface area (Å²) in [5, 5.41) is 14.7. The van der Waals surface area contributed by atoms with Gasteiger partial charge in [-0.1, -0.05) is 30.9 Å². The molecule has 24 heavy (non-hydrogen) atoms. The number of aromatic nitrogens is 3. The molecule has 1 heterocycles. The summed E-state index contributed by atoms with van der Waals surface area (Å²) in [5.41, 5.74) is 1.05. The first-order chi connectivity index (χ1) is 11.7. The van der Waals surface area contributed by atoms with Gasteiger partial charge >= 0.3 is 0 Å². The number of hydrogen-bond acceptors (Lipinski definition) is 4. The molecule has 0 atom stereocenters. The van der Waals surface area contributed by atoms with Gasteiger partial charge in [0, 0.05) is 26.2 Å². The second kappa shape index (κ2) is 8.71. The molecule has 0 aliphatic rings. The third-order valence-corrected chi connectivity index (χ3v) is 3.60. The molecule has 7 nitrogen and oxygen atoms in total. The lowest BCUT2D eigenvalue weighted by Gasteiger charge is -2.14. The average Bonchev–Trinajstić information content (AvgIpc) is 2.93. The van der Waals surface area contributed by atoms with Crippen LogP contribution in [0.2, 0.25) is 0 Å². The lowest BCUT2D eigenvalue weighted by atomic mass is 10.2. The zero-order valence-electron chi connectivity index (χ0n) is 14.4. The monoisotopic (exact) mass is 328 g/mol. The molecule has 0 saturated carbocycles. The van der Waals surface area contributed by atoms with E-state index in [1.807, 2.05) is 42.8 Å². The highest BCUT2D eigenvalue weighted by atomic mass is 16.5. The summed E-state index contributed by atoms with van der Waals surface area (Å²) < 4.78 is 7.60. The van der Waals surface area contributed by atoms with Crippen LogP contribution >= 0.6 is 0 Å². The van der Waals surface area contributed by atoms with Gasteiger partial charge in [0.2, 0.25) is 0 Å². The highest BCUT2D eigenvalue weighted by molar-refractivity contribution is 5.79. The molecule has 0 fully saturated rings. The second-order valence-corrected chi connectivity index (χ2v) is 5.21. The number of rotatable bonds is 7. The largest absolute Gasteiger partial charge is 0.489 e. The zero-order valence-corrected chi connectivity index (χ0v) is 14.4. The van der Waals surface area contributed by atoms with Crippen molar-refractivity contribution < 1.29 is 4.74 Å². The normalized spacial score (nSPS) is 11.2. The second-order valence-electron chi connectivity index (χ2n) is 5.21. The summed E-state index contributed by atoms with van der Waals surface area (Å²) in [6.45, 7) is 7.22. The van der Waals surface area contributed by atoms with Gasteiger partial charge in [0.15, 0.2) is 11.8 Å². The number of nitrogens with zero attached hydrogens (tertiary/aromatic N) is 4. The predicted octanol–water partition coefficient (Wildman–Crippen LogP) is 1.55. The highest BCUT2D eigenvalue weighted by Gasteiger charge is 2.07. The summed E-state index contributed by atoms with van der Waals surface area (Å²) in [7, 11) is 3.67. The van der Waals surface area contributed by atoms with Crippen molar-refractivity contribution in [2.24, 2.45) is 12.0 Å². The predicted molar refractivity (Wildman–Crippen MR) is 94.9 cm³/mol. The Morgan fingerprint density at radius 1 is 1.29 bits per heavy atom. The fourth-order valence-electron chi connectivity index (χ4n) is 2.11. The number of nitrogens with one attached hydrogen (secondary N) is 2. The molecule has 0 aliphatic carbocycles. The van der Waals surface area contributed by atoms with Crippen LogP contribution in [0.15, 0.2) is 41.9 Å². The fraction of sp³-hybridized carbons (Fsp3) is 0.353. The van der Waals surface area contributed by atoms with Gasteiger partial charge < -0.3 is 19.9 Å².